The van der Waals surface area contributed by atoms with Crippen molar-refractivity contribution in [2.75, 3.05) is 5.32 Å². The molecule has 128 valence electrons. The number of carbonyl (C=O) groups is 1. The number of amides is 2. The third-order valence-electron chi connectivity index (χ3n) is 4.02. The fourth-order valence-corrected chi connectivity index (χ4v) is 3.41. The molecule has 2 N–H and O–H groups in total. The molecular formula is C20H16N4OS. The molecular weight excluding hydrogens is 344 g/mol. The molecule has 0 saturated carbocycles. The zero-order chi connectivity index (χ0) is 17.8. The smallest absolute Gasteiger partial charge is 0.319 e. The maximum absolute atomic E-state index is 12.0. The highest BCUT2D eigenvalue weighted by molar-refractivity contribution is 7.16. The monoisotopic (exact) mass is 360 g/mol. The Morgan fingerprint density at radius 2 is 1.81 bits per heavy atom. The van der Waals surface area contributed by atoms with Crippen LogP contribution >= 0.6 is 11.3 Å². The third-order valence-corrected chi connectivity index (χ3v) is 4.81. The van der Waals surface area contributed by atoms with Gasteiger partial charge in [-0.1, -0.05) is 24.3 Å². The molecule has 26 heavy (non-hydrogen) atoms. The number of nitrogens with one attached hydrogen (secondary N) is 2. The van der Waals surface area contributed by atoms with E-state index in [0.717, 1.165) is 27.9 Å². The first-order valence-electron chi connectivity index (χ1n) is 8.16. The van der Waals surface area contributed by atoms with Crippen LogP contribution in [-0.4, -0.2) is 16.0 Å². The van der Waals surface area contributed by atoms with Crippen LogP contribution < -0.4 is 10.6 Å². The number of carbonyl (C=O) groups excluding carboxylic acids is 1. The summed E-state index contributed by atoms with van der Waals surface area (Å²) in [4.78, 5) is 20.4. The Morgan fingerprint density at radius 3 is 2.62 bits per heavy atom. The molecule has 0 aliphatic carbocycles. The number of anilines is 1. The van der Waals surface area contributed by atoms with Gasteiger partial charge in [0.1, 0.15) is 0 Å². The molecule has 0 radical (unpaired) electrons. The summed E-state index contributed by atoms with van der Waals surface area (Å²) in [5, 5.41) is 5.67. The van der Waals surface area contributed by atoms with Gasteiger partial charge in [-0.2, -0.15) is 0 Å². The summed E-state index contributed by atoms with van der Waals surface area (Å²) in [6.07, 6.45) is 3.41. The highest BCUT2D eigenvalue weighted by Crippen LogP contribution is 2.30. The van der Waals surface area contributed by atoms with Gasteiger partial charge in [-0.3, -0.25) is 4.98 Å². The van der Waals surface area contributed by atoms with E-state index < -0.39 is 0 Å². The summed E-state index contributed by atoms with van der Waals surface area (Å²) in [6.45, 7) is 0.457. The van der Waals surface area contributed by atoms with E-state index in [1.165, 1.54) is 4.70 Å². The summed E-state index contributed by atoms with van der Waals surface area (Å²) in [7, 11) is 0. The topological polar surface area (TPSA) is 66.9 Å². The number of urea groups is 1. The van der Waals surface area contributed by atoms with Crippen LogP contribution in [0.3, 0.4) is 0 Å². The van der Waals surface area contributed by atoms with Gasteiger partial charge in [0.25, 0.3) is 0 Å². The van der Waals surface area contributed by atoms with Crippen molar-refractivity contribution in [1.29, 1.82) is 0 Å². The van der Waals surface area contributed by atoms with Crippen LogP contribution in [0.2, 0.25) is 0 Å². The van der Waals surface area contributed by atoms with E-state index in [2.05, 4.69) is 32.7 Å². The second kappa shape index (κ2) is 7.33. The van der Waals surface area contributed by atoms with Crippen molar-refractivity contribution in [3.05, 3.63) is 78.1 Å². The minimum absolute atomic E-state index is 0.240. The Balaban J connectivity index is 1.43. The third kappa shape index (κ3) is 3.55. The number of para-hydroxylation sites is 1. The van der Waals surface area contributed by atoms with Crippen molar-refractivity contribution in [2.45, 2.75) is 6.54 Å². The largest absolute Gasteiger partial charge is 0.334 e. The zero-order valence-electron chi connectivity index (χ0n) is 13.8. The first-order valence-corrected chi connectivity index (χ1v) is 9.04. The van der Waals surface area contributed by atoms with Crippen LogP contribution in [-0.2, 0) is 6.54 Å². The van der Waals surface area contributed by atoms with Gasteiger partial charge >= 0.3 is 6.03 Å². The fraction of sp³-hybridized carbons (Fsp3) is 0.0500. The Hall–Kier alpha value is -3.25. The van der Waals surface area contributed by atoms with Gasteiger partial charge in [0.15, 0.2) is 0 Å². The Morgan fingerprint density at radius 1 is 1.00 bits per heavy atom. The fourth-order valence-electron chi connectivity index (χ4n) is 2.71. The summed E-state index contributed by atoms with van der Waals surface area (Å²) in [5.74, 6) is 0. The molecule has 0 spiro atoms. The van der Waals surface area contributed by atoms with E-state index in [4.69, 9.17) is 0 Å². The lowest BCUT2D eigenvalue weighted by molar-refractivity contribution is 0.251. The first kappa shape index (κ1) is 16.2. The quantitative estimate of drug-likeness (QED) is 0.555. The molecule has 0 aliphatic heterocycles. The lowest BCUT2D eigenvalue weighted by Crippen LogP contribution is -2.28. The van der Waals surface area contributed by atoms with E-state index in [-0.39, 0.29) is 6.03 Å². The number of nitrogens with zero attached hydrogens (tertiary/aromatic N) is 2. The second-order valence-corrected chi connectivity index (χ2v) is 6.63. The predicted octanol–water partition coefficient (Wildman–Crippen LogP) is 4.68. The van der Waals surface area contributed by atoms with Crippen molar-refractivity contribution >= 4 is 33.3 Å². The number of fused-ring (bicyclic) bond motifs is 1. The van der Waals surface area contributed by atoms with Crippen molar-refractivity contribution in [2.24, 2.45) is 0 Å². The molecule has 2 amide bonds. The van der Waals surface area contributed by atoms with Gasteiger partial charge in [-0.05, 0) is 41.5 Å². The van der Waals surface area contributed by atoms with Gasteiger partial charge in [-0.25, -0.2) is 9.78 Å². The first-order chi connectivity index (χ1) is 12.8. The molecule has 0 unspecified atom stereocenters. The van der Waals surface area contributed by atoms with E-state index in [1.54, 1.807) is 23.7 Å². The standard InChI is InChI=1S/C20H16N4OS/c25-20(22-12-14-8-10-21-11-9-14)24-16-6-4-15(5-7-16)17-2-1-3-18-19(17)23-13-26-18/h1-11,13H,12H2,(H2,22,24,25). The molecule has 0 fully saturated rings. The van der Waals surface area contributed by atoms with Crippen LogP contribution in [0.4, 0.5) is 10.5 Å². The highest BCUT2D eigenvalue weighted by Gasteiger charge is 2.07. The molecule has 5 nitrogen and oxygen atoms in total. The van der Waals surface area contributed by atoms with Gasteiger partial charge in [0.05, 0.1) is 15.7 Å². The number of hydrogen-bond acceptors (Lipinski definition) is 4. The number of thiazole rings is 1. The minimum Gasteiger partial charge on any atom is -0.334 e. The Kier molecular flexibility index (Phi) is 4.57. The minimum atomic E-state index is -0.240. The lowest BCUT2D eigenvalue weighted by Gasteiger charge is -2.09. The molecule has 0 atom stereocenters. The van der Waals surface area contributed by atoms with E-state index >= 15 is 0 Å². The molecule has 4 aromatic rings. The van der Waals surface area contributed by atoms with Gasteiger partial charge in [0.2, 0.25) is 0 Å². The van der Waals surface area contributed by atoms with Gasteiger partial charge < -0.3 is 10.6 Å². The van der Waals surface area contributed by atoms with Crippen LogP contribution in [0, 0.1) is 0 Å². The van der Waals surface area contributed by atoms with E-state index in [0.29, 0.717) is 6.54 Å². The van der Waals surface area contributed by atoms with Crippen molar-refractivity contribution < 1.29 is 4.79 Å². The average Bonchev–Trinajstić information content (AvgIpc) is 3.17. The summed E-state index contributed by atoms with van der Waals surface area (Å²) < 4.78 is 1.17. The van der Waals surface area contributed by atoms with Crippen LogP contribution in [0.1, 0.15) is 5.56 Å². The van der Waals surface area contributed by atoms with E-state index in [1.807, 2.05) is 48.0 Å². The number of aromatic nitrogens is 2. The molecule has 4 rings (SSSR count). The Labute approximate surface area is 154 Å². The normalized spacial score (nSPS) is 10.6. The SMILES string of the molecule is O=C(NCc1ccncc1)Nc1ccc(-c2cccc3scnc23)cc1. The number of hydrogen-bond donors (Lipinski definition) is 2. The molecule has 0 bridgehead atoms. The van der Waals surface area contributed by atoms with Crippen LogP contribution in [0.5, 0.6) is 0 Å². The summed E-state index contributed by atoms with van der Waals surface area (Å²) in [6, 6.07) is 17.4. The molecule has 2 aromatic carbocycles. The zero-order valence-corrected chi connectivity index (χ0v) is 14.7. The predicted molar refractivity (Wildman–Crippen MR) is 105 cm³/mol. The average molecular weight is 360 g/mol. The van der Waals surface area contributed by atoms with Gasteiger partial charge in [-0.15, -0.1) is 11.3 Å². The maximum atomic E-state index is 12.0. The van der Waals surface area contributed by atoms with Gasteiger partial charge in [0, 0.05) is 30.2 Å². The van der Waals surface area contributed by atoms with Crippen LogP contribution in [0.15, 0.2) is 72.5 Å². The Bertz CT molecular complexity index is 1030. The number of benzene rings is 2. The molecule has 0 saturated heterocycles. The molecule has 2 heterocycles. The number of rotatable bonds is 4. The summed E-state index contributed by atoms with van der Waals surface area (Å²) >= 11 is 1.63. The second-order valence-electron chi connectivity index (χ2n) is 5.75. The van der Waals surface area contributed by atoms with Crippen molar-refractivity contribution in [3.63, 3.8) is 0 Å². The molecule has 6 heteroatoms. The van der Waals surface area contributed by atoms with Crippen molar-refractivity contribution in [3.8, 4) is 11.1 Å². The molecule has 0 aliphatic rings. The van der Waals surface area contributed by atoms with Crippen LogP contribution in [0.25, 0.3) is 21.3 Å². The summed E-state index contributed by atoms with van der Waals surface area (Å²) in [5.41, 5.74) is 6.78. The highest BCUT2D eigenvalue weighted by atomic mass is 32.1. The van der Waals surface area contributed by atoms with Crippen molar-refractivity contribution in [1.82, 2.24) is 15.3 Å². The van der Waals surface area contributed by atoms with E-state index in [9.17, 15) is 4.79 Å². The molecule has 2 aromatic heterocycles. The lowest BCUT2D eigenvalue weighted by atomic mass is 10.0. The number of pyridine rings is 1. The maximum Gasteiger partial charge on any atom is 0.319 e.